The first-order valence-corrected chi connectivity index (χ1v) is 11.3. The number of hydrogen-bond acceptors (Lipinski definition) is 4. The first-order valence-electron chi connectivity index (χ1n) is 10.5. The van der Waals surface area contributed by atoms with E-state index in [9.17, 15) is 22.8 Å². The van der Waals surface area contributed by atoms with E-state index in [1.54, 1.807) is 0 Å². The van der Waals surface area contributed by atoms with Crippen LogP contribution in [0.4, 0.5) is 13.2 Å². The summed E-state index contributed by atoms with van der Waals surface area (Å²) in [7, 11) is 0. The summed E-state index contributed by atoms with van der Waals surface area (Å²) in [4.78, 5) is 30.0. The van der Waals surface area contributed by atoms with Gasteiger partial charge >= 0.3 is 6.18 Å². The molecule has 29 heavy (non-hydrogen) atoms. The Kier molecular flexibility index (Phi) is 5.40. The van der Waals surface area contributed by atoms with Crippen LogP contribution in [-0.2, 0) is 9.59 Å². The van der Waals surface area contributed by atoms with Crippen LogP contribution in [0.5, 0.6) is 0 Å². The third kappa shape index (κ3) is 4.59. The van der Waals surface area contributed by atoms with Crippen molar-refractivity contribution in [2.24, 2.45) is 16.8 Å². The number of amidine groups is 1. The average molecular weight is 432 g/mol. The summed E-state index contributed by atoms with van der Waals surface area (Å²) in [5.74, 6) is 0.0433. The van der Waals surface area contributed by atoms with E-state index >= 15 is 0 Å². The number of piperidine rings is 1. The molecule has 5 nitrogen and oxygen atoms in total. The molecule has 4 rings (SSSR count). The van der Waals surface area contributed by atoms with Crippen molar-refractivity contribution in [2.45, 2.75) is 81.2 Å². The standard InChI is InChI=1S/C20H28F3N3O2S/c1-18(10-14-4-8-26(9-5-14)15(27)12-20(21,22)23)16(28)24-17(29-18)25-19-6-2-13(11-19)3-7-19/h13-14H,2-12H2,1H3,(H,24,25,28). The highest BCUT2D eigenvalue weighted by Crippen LogP contribution is 2.49. The maximum Gasteiger partial charge on any atom is 0.397 e. The summed E-state index contributed by atoms with van der Waals surface area (Å²) >= 11 is 1.51. The molecule has 0 aromatic carbocycles. The lowest BCUT2D eigenvalue weighted by Gasteiger charge is -2.35. The summed E-state index contributed by atoms with van der Waals surface area (Å²) < 4.78 is 36.7. The number of hydrogen-bond donors (Lipinski definition) is 1. The predicted octanol–water partition coefficient (Wildman–Crippen LogP) is 3.88. The lowest BCUT2D eigenvalue weighted by Crippen LogP contribution is -2.44. The molecule has 1 N–H and O–H groups in total. The Morgan fingerprint density at radius 3 is 2.45 bits per heavy atom. The molecule has 0 radical (unpaired) electrons. The van der Waals surface area contributed by atoms with Gasteiger partial charge in [-0.15, -0.1) is 0 Å². The van der Waals surface area contributed by atoms with Crippen LogP contribution >= 0.6 is 11.8 Å². The van der Waals surface area contributed by atoms with Gasteiger partial charge in [0.1, 0.15) is 11.2 Å². The quantitative estimate of drug-likeness (QED) is 0.734. The zero-order valence-electron chi connectivity index (χ0n) is 16.7. The van der Waals surface area contributed by atoms with Gasteiger partial charge in [0.15, 0.2) is 5.17 Å². The first-order chi connectivity index (χ1) is 13.6. The van der Waals surface area contributed by atoms with E-state index in [1.807, 2.05) is 6.92 Å². The van der Waals surface area contributed by atoms with Crippen molar-refractivity contribution in [1.29, 1.82) is 0 Å². The zero-order chi connectivity index (χ0) is 20.9. The number of thioether (sulfide) groups is 1. The average Bonchev–Trinajstić information content (AvgIpc) is 3.28. The number of fused-ring (bicyclic) bond motifs is 2. The number of carbonyl (C=O) groups excluding carboxylic acids is 2. The Morgan fingerprint density at radius 2 is 1.90 bits per heavy atom. The molecule has 2 aliphatic heterocycles. The van der Waals surface area contributed by atoms with Gasteiger partial charge in [0.2, 0.25) is 5.91 Å². The van der Waals surface area contributed by atoms with Gasteiger partial charge in [-0.1, -0.05) is 11.8 Å². The molecule has 2 amide bonds. The molecule has 0 aromatic rings. The molecule has 3 fully saturated rings. The Morgan fingerprint density at radius 1 is 1.24 bits per heavy atom. The number of nitrogens with zero attached hydrogens (tertiary/aromatic N) is 2. The third-order valence-corrected chi connectivity index (χ3v) is 8.27. The van der Waals surface area contributed by atoms with Gasteiger partial charge in [-0.3, -0.25) is 9.59 Å². The summed E-state index contributed by atoms with van der Waals surface area (Å²) in [6.45, 7) is 2.57. The molecule has 2 bridgehead atoms. The van der Waals surface area contributed by atoms with Gasteiger partial charge in [-0.2, -0.15) is 18.2 Å². The molecule has 4 aliphatic rings. The number of nitrogens with one attached hydrogen (secondary N) is 1. The van der Waals surface area contributed by atoms with Crippen molar-refractivity contribution in [1.82, 2.24) is 10.2 Å². The molecule has 2 aliphatic carbocycles. The fourth-order valence-corrected chi connectivity index (χ4v) is 6.76. The van der Waals surface area contributed by atoms with E-state index in [4.69, 9.17) is 0 Å². The Bertz CT molecular complexity index is 710. The van der Waals surface area contributed by atoms with E-state index in [1.165, 1.54) is 35.9 Å². The molecule has 0 spiro atoms. The van der Waals surface area contributed by atoms with Crippen LogP contribution in [0.25, 0.3) is 0 Å². The van der Waals surface area contributed by atoms with Gasteiger partial charge in [0.05, 0.1) is 0 Å². The smallest absolute Gasteiger partial charge is 0.359 e. The molecular weight excluding hydrogens is 403 g/mol. The van der Waals surface area contributed by atoms with E-state index in [0.29, 0.717) is 32.4 Å². The Hall–Kier alpha value is -1.25. The maximum absolute atomic E-state index is 12.6. The molecule has 9 heteroatoms. The molecule has 1 atom stereocenters. The summed E-state index contributed by atoms with van der Waals surface area (Å²) in [6.07, 6.45) is 2.00. The van der Waals surface area contributed by atoms with Gasteiger partial charge in [0.25, 0.3) is 5.91 Å². The molecule has 1 saturated heterocycles. The molecule has 1 unspecified atom stereocenters. The third-order valence-electron chi connectivity index (χ3n) is 7.09. The second kappa shape index (κ2) is 7.46. The summed E-state index contributed by atoms with van der Waals surface area (Å²) in [5.41, 5.74) is 0.117. The van der Waals surface area contributed by atoms with Crippen molar-refractivity contribution in [3.05, 3.63) is 0 Å². The largest absolute Gasteiger partial charge is 0.397 e. The highest BCUT2D eigenvalue weighted by Gasteiger charge is 2.49. The van der Waals surface area contributed by atoms with Crippen LogP contribution in [0.2, 0.25) is 0 Å². The molecule has 162 valence electrons. The van der Waals surface area contributed by atoms with Gasteiger partial charge in [-0.25, -0.2) is 0 Å². The maximum atomic E-state index is 12.6. The van der Waals surface area contributed by atoms with E-state index < -0.39 is 23.3 Å². The monoisotopic (exact) mass is 431 g/mol. The summed E-state index contributed by atoms with van der Waals surface area (Å²) in [6, 6.07) is 0. The Balaban J connectivity index is 1.28. The minimum atomic E-state index is -4.47. The minimum absolute atomic E-state index is 0.117. The molecule has 2 saturated carbocycles. The first kappa shape index (κ1) is 21.0. The number of rotatable bonds is 4. The van der Waals surface area contributed by atoms with Crippen LogP contribution in [-0.4, -0.2) is 51.4 Å². The van der Waals surface area contributed by atoms with Crippen LogP contribution < -0.4 is 5.32 Å². The normalized spacial score (nSPS) is 35.3. The number of likely N-dealkylation sites (tertiary alicyclic amines) is 1. The van der Waals surface area contributed by atoms with Gasteiger partial charge in [0, 0.05) is 18.6 Å². The topological polar surface area (TPSA) is 61.8 Å². The second-order valence-corrected chi connectivity index (χ2v) is 10.9. The fraction of sp³-hybridized carbons (Fsp3) is 0.850. The van der Waals surface area contributed by atoms with Gasteiger partial charge in [-0.05, 0) is 70.1 Å². The number of amides is 2. The second-order valence-electron chi connectivity index (χ2n) is 9.43. The fourth-order valence-electron chi connectivity index (χ4n) is 5.49. The van der Waals surface area contributed by atoms with Crippen molar-refractivity contribution in [3.8, 4) is 0 Å². The highest BCUT2D eigenvalue weighted by molar-refractivity contribution is 8.16. The highest BCUT2D eigenvalue weighted by atomic mass is 32.2. The van der Waals surface area contributed by atoms with Crippen molar-refractivity contribution < 1.29 is 22.8 Å². The van der Waals surface area contributed by atoms with Crippen LogP contribution in [0.1, 0.15) is 64.7 Å². The van der Waals surface area contributed by atoms with E-state index in [2.05, 4.69) is 10.3 Å². The van der Waals surface area contributed by atoms with Crippen molar-refractivity contribution in [2.75, 3.05) is 13.1 Å². The van der Waals surface area contributed by atoms with Crippen LogP contribution in [0.3, 0.4) is 0 Å². The van der Waals surface area contributed by atoms with Crippen molar-refractivity contribution >= 4 is 28.7 Å². The van der Waals surface area contributed by atoms with Crippen LogP contribution in [0, 0.1) is 11.8 Å². The number of aliphatic imine (C=N–C) groups is 1. The number of alkyl halides is 3. The lowest BCUT2D eigenvalue weighted by molar-refractivity contribution is -0.162. The molecular formula is C20H28F3N3O2S. The predicted molar refractivity (Wildman–Crippen MR) is 105 cm³/mol. The number of halogens is 3. The SMILES string of the molecule is CC1(CC2CCN(C(=O)CC(F)(F)F)CC2)SC(NC23CCC(CC2)C3)=NC1=O. The molecule has 0 aromatic heterocycles. The minimum Gasteiger partial charge on any atom is -0.359 e. The summed E-state index contributed by atoms with van der Waals surface area (Å²) in [5, 5.41) is 4.32. The zero-order valence-corrected chi connectivity index (χ0v) is 17.5. The van der Waals surface area contributed by atoms with Crippen molar-refractivity contribution in [3.63, 3.8) is 0 Å². The van der Waals surface area contributed by atoms with E-state index in [0.717, 1.165) is 23.9 Å². The van der Waals surface area contributed by atoms with Crippen LogP contribution in [0.15, 0.2) is 4.99 Å². The lowest BCUT2D eigenvalue weighted by atomic mass is 9.87. The van der Waals surface area contributed by atoms with E-state index in [-0.39, 0.29) is 17.4 Å². The number of carbonyl (C=O) groups is 2. The Labute approximate surface area is 173 Å². The molecule has 2 heterocycles. The van der Waals surface area contributed by atoms with Gasteiger partial charge < -0.3 is 10.2 Å².